The quantitative estimate of drug-likeness (QED) is 0.539. The molecule has 1 aromatic rings. The third-order valence-corrected chi connectivity index (χ3v) is 4.17. The Kier molecular flexibility index (Phi) is 7.13. The first kappa shape index (κ1) is 17.1. The fourth-order valence-electron chi connectivity index (χ4n) is 2.73. The van der Waals surface area contributed by atoms with Gasteiger partial charge in [0.1, 0.15) is 0 Å². The molecule has 0 aliphatic carbocycles. The van der Waals surface area contributed by atoms with Crippen molar-refractivity contribution in [3.63, 3.8) is 0 Å². The van der Waals surface area contributed by atoms with Crippen molar-refractivity contribution < 1.29 is 4.74 Å². The number of hydrogen-bond acceptors (Lipinski definition) is 4. The molecule has 4 nitrogen and oxygen atoms in total. The van der Waals surface area contributed by atoms with Crippen molar-refractivity contribution in [2.75, 3.05) is 6.61 Å². The van der Waals surface area contributed by atoms with Gasteiger partial charge in [0.25, 0.3) is 0 Å². The Labute approximate surface area is 123 Å². The standard InChI is InChI=1S/C16H29N3O/c1-5-13-9-10-14(18-12-13)11-15(19-17)16(6-2,7-3)20-8-4/h9-10,12,15,19H,5-8,11,17H2,1-4H3. The number of aryl methyl sites for hydroxylation is 1. The Morgan fingerprint density at radius 3 is 2.35 bits per heavy atom. The van der Waals surface area contributed by atoms with Crippen molar-refractivity contribution >= 4 is 0 Å². The van der Waals surface area contributed by atoms with Crippen LogP contribution < -0.4 is 11.3 Å². The molecule has 0 saturated heterocycles. The van der Waals surface area contributed by atoms with Gasteiger partial charge in [0.15, 0.2) is 0 Å². The SMILES string of the molecule is CCOC(CC)(CC)C(Cc1ccc(CC)cn1)NN. The van der Waals surface area contributed by atoms with Gasteiger partial charge in [-0.3, -0.25) is 16.3 Å². The van der Waals surface area contributed by atoms with Crippen molar-refractivity contribution in [2.24, 2.45) is 5.84 Å². The molecule has 0 spiro atoms. The monoisotopic (exact) mass is 279 g/mol. The highest BCUT2D eigenvalue weighted by atomic mass is 16.5. The maximum absolute atomic E-state index is 6.03. The van der Waals surface area contributed by atoms with E-state index in [1.807, 2.05) is 13.1 Å². The van der Waals surface area contributed by atoms with Crippen LogP contribution in [0.3, 0.4) is 0 Å². The van der Waals surface area contributed by atoms with Gasteiger partial charge in [0, 0.05) is 24.9 Å². The molecule has 0 fully saturated rings. The number of ether oxygens (including phenoxy) is 1. The van der Waals surface area contributed by atoms with Crippen molar-refractivity contribution in [3.05, 3.63) is 29.6 Å². The fourth-order valence-corrected chi connectivity index (χ4v) is 2.73. The minimum atomic E-state index is -0.228. The zero-order chi connectivity index (χ0) is 15.0. The third-order valence-electron chi connectivity index (χ3n) is 4.17. The smallest absolute Gasteiger partial charge is 0.0846 e. The second-order valence-electron chi connectivity index (χ2n) is 5.14. The number of aromatic nitrogens is 1. The second-order valence-corrected chi connectivity index (χ2v) is 5.14. The van der Waals surface area contributed by atoms with Crippen molar-refractivity contribution in [1.82, 2.24) is 10.4 Å². The maximum Gasteiger partial charge on any atom is 0.0846 e. The number of pyridine rings is 1. The van der Waals surface area contributed by atoms with E-state index >= 15 is 0 Å². The predicted octanol–water partition coefficient (Wildman–Crippen LogP) is 2.61. The summed E-state index contributed by atoms with van der Waals surface area (Å²) >= 11 is 0. The average molecular weight is 279 g/mol. The van der Waals surface area contributed by atoms with Crippen LogP contribution in [0.15, 0.2) is 18.3 Å². The minimum absolute atomic E-state index is 0.0671. The van der Waals surface area contributed by atoms with E-state index in [4.69, 9.17) is 10.6 Å². The molecular weight excluding hydrogens is 250 g/mol. The topological polar surface area (TPSA) is 60.2 Å². The van der Waals surface area contributed by atoms with Crippen molar-refractivity contribution in [1.29, 1.82) is 0 Å². The number of hydrazine groups is 1. The third kappa shape index (κ3) is 4.01. The van der Waals surface area contributed by atoms with Gasteiger partial charge in [-0.1, -0.05) is 26.8 Å². The number of nitrogens with two attached hydrogens (primary N) is 1. The summed E-state index contributed by atoms with van der Waals surface area (Å²) in [7, 11) is 0. The van der Waals surface area contributed by atoms with Gasteiger partial charge in [0.2, 0.25) is 0 Å². The minimum Gasteiger partial charge on any atom is -0.374 e. The van der Waals surface area contributed by atoms with E-state index in [0.29, 0.717) is 6.61 Å². The van der Waals surface area contributed by atoms with E-state index in [1.165, 1.54) is 5.56 Å². The molecule has 3 N–H and O–H groups in total. The van der Waals surface area contributed by atoms with Gasteiger partial charge in [0.05, 0.1) is 11.6 Å². The van der Waals surface area contributed by atoms with Crippen molar-refractivity contribution in [3.8, 4) is 0 Å². The summed E-state index contributed by atoms with van der Waals surface area (Å²) < 4.78 is 6.03. The van der Waals surface area contributed by atoms with Crippen LogP contribution in [0.4, 0.5) is 0 Å². The maximum atomic E-state index is 6.03. The van der Waals surface area contributed by atoms with E-state index < -0.39 is 0 Å². The van der Waals surface area contributed by atoms with Crippen molar-refractivity contribution in [2.45, 2.75) is 65.0 Å². The van der Waals surface area contributed by atoms with Gasteiger partial charge < -0.3 is 4.74 Å². The van der Waals surface area contributed by atoms with E-state index in [0.717, 1.165) is 31.4 Å². The normalized spacial score (nSPS) is 13.4. The molecule has 1 atom stereocenters. The number of nitrogens with one attached hydrogen (secondary N) is 1. The molecule has 4 heteroatoms. The molecule has 0 aromatic carbocycles. The second kappa shape index (κ2) is 8.35. The van der Waals surface area contributed by atoms with E-state index in [2.05, 4.69) is 43.3 Å². The lowest BCUT2D eigenvalue weighted by Gasteiger charge is -2.39. The van der Waals surface area contributed by atoms with Gasteiger partial charge >= 0.3 is 0 Å². The fraction of sp³-hybridized carbons (Fsp3) is 0.688. The molecule has 0 amide bonds. The van der Waals surface area contributed by atoms with E-state index in [-0.39, 0.29) is 11.6 Å². The molecule has 0 aliphatic rings. The van der Waals surface area contributed by atoms with Crippen LogP contribution in [0, 0.1) is 0 Å². The van der Waals surface area contributed by atoms with Crippen LogP contribution in [0.1, 0.15) is 51.8 Å². The Balaban J connectivity index is 2.87. The number of nitrogens with zero attached hydrogens (tertiary/aromatic N) is 1. The Morgan fingerprint density at radius 2 is 1.95 bits per heavy atom. The first-order valence-electron chi connectivity index (χ1n) is 7.69. The first-order chi connectivity index (χ1) is 9.65. The van der Waals surface area contributed by atoms with Crippen LogP contribution in [-0.2, 0) is 17.6 Å². The lowest BCUT2D eigenvalue weighted by atomic mass is 9.85. The van der Waals surface area contributed by atoms with Gasteiger partial charge in [-0.15, -0.1) is 0 Å². The highest BCUT2D eigenvalue weighted by Crippen LogP contribution is 2.26. The molecule has 0 bridgehead atoms. The summed E-state index contributed by atoms with van der Waals surface area (Å²) in [4.78, 5) is 4.53. The molecule has 0 saturated carbocycles. The summed E-state index contributed by atoms with van der Waals surface area (Å²) in [5.41, 5.74) is 5.02. The Morgan fingerprint density at radius 1 is 1.25 bits per heavy atom. The number of rotatable bonds is 9. The largest absolute Gasteiger partial charge is 0.374 e. The van der Waals surface area contributed by atoms with Crippen LogP contribution in [0.5, 0.6) is 0 Å². The molecule has 20 heavy (non-hydrogen) atoms. The Hall–Kier alpha value is -0.970. The van der Waals surface area contributed by atoms with Gasteiger partial charge in [-0.05, 0) is 37.8 Å². The van der Waals surface area contributed by atoms with Gasteiger partial charge in [-0.2, -0.15) is 0 Å². The molecule has 1 unspecified atom stereocenters. The summed E-state index contributed by atoms with van der Waals surface area (Å²) in [6, 6.07) is 4.29. The molecule has 1 rings (SSSR count). The molecule has 114 valence electrons. The highest BCUT2D eigenvalue weighted by molar-refractivity contribution is 5.15. The van der Waals surface area contributed by atoms with Crippen LogP contribution in [0.2, 0.25) is 0 Å². The van der Waals surface area contributed by atoms with E-state index in [1.54, 1.807) is 0 Å². The summed E-state index contributed by atoms with van der Waals surface area (Å²) in [5.74, 6) is 5.79. The molecule has 1 heterocycles. The lowest BCUT2D eigenvalue weighted by Crippen LogP contribution is -2.55. The average Bonchev–Trinajstić information content (AvgIpc) is 2.51. The predicted molar refractivity (Wildman–Crippen MR) is 83.4 cm³/mol. The zero-order valence-electron chi connectivity index (χ0n) is 13.3. The van der Waals surface area contributed by atoms with Gasteiger partial charge in [-0.25, -0.2) is 0 Å². The first-order valence-corrected chi connectivity index (χ1v) is 7.69. The zero-order valence-corrected chi connectivity index (χ0v) is 13.3. The number of hydrogen-bond donors (Lipinski definition) is 2. The summed E-state index contributed by atoms with van der Waals surface area (Å²) in [6.45, 7) is 9.16. The summed E-state index contributed by atoms with van der Waals surface area (Å²) in [6.07, 6.45) is 5.60. The van der Waals surface area contributed by atoms with E-state index in [9.17, 15) is 0 Å². The molecule has 1 aromatic heterocycles. The molecule has 0 aliphatic heterocycles. The molecule has 0 radical (unpaired) electrons. The van der Waals surface area contributed by atoms with Crippen LogP contribution in [0.25, 0.3) is 0 Å². The lowest BCUT2D eigenvalue weighted by molar-refractivity contribution is -0.0721. The molecular formula is C16H29N3O. The Bertz CT molecular complexity index is 374. The van der Waals surface area contributed by atoms with Crippen LogP contribution in [-0.4, -0.2) is 23.2 Å². The summed E-state index contributed by atoms with van der Waals surface area (Å²) in [5, 5.41) is 0. The van der Waals surface area contributed by atoms with Crippen LogP contribution >= 0.6 is 0 Å². The highest BCUT2D eigenvalue weighted by Gasteiger charge is 2.36.